The van der Waals surface area contributed by atoms with Gasteiger partial charge >= 0.3 is 0 Å². The second-order valence-corrected chi connectivity index (χ2v) is 5.85. The predicted octanol–water partition coefficient (Wildman–Crippen LogP) is 3.67. The smallest absolute Gasteiger partial charge is 0.207 e. The SMILES string of the molecule is COc1ccsc1C(=O)c1cc(C)sc1C. The summed E-state index contributed by atoms with van der Waals surface area (Å²) in [6.45, 7) is 3.99. The highest BCUT2D eigenvalue weighted by Crippen LogP contribution is 2.30. The Labute approximate surface area is 103 Å². The van der Waals surface area contributed by atoms with Crippen LogP contribution in [-0.4, -0.2) is 12.9 Å². The molecule has 2 nitrogen and oxygen atoms in total. The lowest BCUT2D eigenvalue weighted by molar-refractivity contribution is 0.104. The van der Waals surface area contributed by atoms with Gasteiger partial charge in [-0.25, -0.2) is 0 Å². The summed E-state index contributed by atoms with van der Waals surface area (Å²) in [4.78, 5) is 15.2. The highest BCUT2D eigenvalue weighted by Gasteiger charge is 2.19. The van der Waals surface area contributed by atoms with Crippen LogP contribution in [0.25, 0.3) is 0 Å². The zero-order valence-electron chi connectivity index (χ0n) is 9.37. The van der Waals surface area contributed by atoms with Crippen molar-refractivity contribution in [3.63, 3.8) is 0 Å². The third-order valence-corrected chi connectivity index (χ3v) is 4.20. The molecule has 2 rings (SSSR count). The number of ether oxygens (including phenoxy) is 1. The summed E-state index contributed by atoms with van der Waals surface area (Å²) < 4.78 is 5.17. The monoisotopic (exact) mass is 252 g/mol. The minimum atomic E-state index is 0.0636. The first-order chi connectivity index (χ1) is 7.63. The summed E-state index contributed by atoms with van der Waals surface area (Å²) >= 11 is 3.08. The molecular formula is C12H12O2S2. The van der Waals surface area contributed by atoms with Gasteiger partial charge < -0.3 is 4.74 Å². The predicted molar refractivity (Wildman–Crippen MR) is 68.1 cm³/mol. The molecule has 16 heavy (non-hydrogen) atoms. The number of carbonyl (C=O) groups is 1. The number of methoxy groups -OCH3 is 1. The summed E-state index contributed by atoms with van der Waals surface area (Å²) in [6.07, 6.45) is 0. The van der Waals surface area contributed by atoms with Crippen LogP contribution in [-0.2, 0) is 0 Å². The summed E-state index contributed by atoms with van der Waals surface area (Å²) in [5.41, 5.74) is 0.795. The van der Waals surface area contributed by atoms with Crippen molar-refractivity contribution in [1.29, 1.82) is 0 Å². The molecular weight excluding hydrogens is 240 g/mol. The van der Waals surface area contributed by atoms with Crippen LogP contribution in [0, 0.1) is 13.8 Å². The van der Waals surface area contributed by atoms with E-state index in [9.17, 15) is 4.79 Å². The zero-order valence-corrected chi connectivity index (χ0v) is 11.0. The van der Waals surface area contributed by atoms with Crippen LogP contribution in [0.4, 0.5) is 0 Å². The van der Waals surface area contributed by atoms with Crippen LogP contribution in [0.3, 0.4) is 0 Å². The van der Waals surface area contributed by atoms with Gasteiger partial charge in [-0.2, -0.15) is 0 Å². The fraction of sp³-hybridized carbons (Fsp3) is 0.250. The van der Waals surface area contributed by atoms with Crippen molar-refractivity contribution < 1.29 is 9.53 Å². The number of rotatable bonds is 3. The maximum atomic E-state index is 12.3. The molecule has 0 saturated heterocycles. The van der Waals surface area contributed by atoms with E-state index in [1.807, 2.05) is 31.4 Å². The van der Waals surface area contributed by atoms with Gasteiger partial charge in [0.1, 0.15) is 10.6 Å². The molecule has 0 aromatic carbocycles. The molecule has 0 saturated carbocycles. The van der Waals surface area contributed by atoms with Gasteiger partial charge in [0.2, 0.25) is 5.78 Å². The second kappa shape index (κ2) is 4.39. The Morgan fingerprint density at radius 3 is 2.69 bits per heavy atom. The van der Waals surface area contributed by atoms with Crippen molar-refractivity contribution in [1.82, 2.24) is 0 Å². The average molecular weight is 252 g/mol. The Morgan fingerprint density at radius 2 is 2.12 bits per heavy atom. The summed E-state index contributed by atoms with van der Waals surface area (Å²) in [6, 6.07) is 3.77. The first-order valence-corrected chi connectivity index (χ1v) is 6.56. The minimum Gasteiger partial charge on any atom is -0.495 e. The highest BCUT2D eigenvalue weighted by atomic mass is 32.1. The molecule has 84 valence electrons. The molecule has 0 amide bonds. The maximum absolute atomic E-state index is 12.3. The molecule has 0 atom stereocenters. The molecule has 0 spiro atoms. The molecule has 0 N–H and O–H groups in total. The minimum absolute atomic E-state index is 0.0636. The van der Waals surface area contributed by atoms with Crippen molar-refractivity contribution >= 4 is 28.5 Å². The maximum Gasteiger partial charge on any atom is 0.207 e. The Kier molecular flexibility index (Phi) is 3.12. The molecule has 0 fully saturated rings. The van der Waals surface area contributed by atoms with E-state index in [1.54, 1.807) is 18.4 Å². The molecule has 0 radical (unpaired) electrons. The fourth-order valence-corrected chi connectivity index (χ4v) is 3.34. The molecule has 0 aliphatic heterocycles. The lowest BCUT2D eigenvalue weighted by atomic mass is 10.1. The van der Waals surface area contributed by atoms with E-state index >= 15 is 0 Å². The van der Waals surface area contributed by atoms with Gasteiger partial charge in [0.05, 0.1) is 7.11 Å². The zero-order chi connectivity index (χ0) is 11.7. The number of ketones is 1. The lowest BCUT2D eigenvalue weighted by Gasteiger charge is -2.00. The Morgan fingerprint density at radius 1 is 1.38 bits per heavy atom. The normalized spacial score (nSPS) is 10.4. The van der Waals surface area contributed by atoms with Crippen LogP contribution in [0.2, 0.25) is 0 Å². The van der Waals surface area contributed by atoms with Gasteiger partial charge in [-0.05, 0) is 31.4 Å². The number of aryl methyl sites for hydroxylation is 2. The molecule has 2 aromatic rings. The summed E-state index contributed by atoms with van der Waals surface area (Å²) in [5.74, 6) is 0.729. The molecule has 0 aliphatic carbocycles. The van der Waals surface area contributed by atoms with Gasteiger partial charge in [-0.3, -0.25) is 4.79 Å². The average Bonchev–Trinajstić information content (AvgIpc) is 2.83. The van der Waals surface area contributed by atoms with E-state index in [4.69, 9.17) is 4.74 Å². The molecule has 2 aromatic heterocycles. The number of hydrogen-bond donors (Lipinski definition) is 0. The molecule has 0 unspecified atom stereocenters. The van der Waals surface area contributed by atoms with Gasteiger partial charge in [0.15, 0.2) is 0 Å². The topological polar surface area (TPSA) is 26.3 Å². The largest absolute Gasteiger partial charge is 0.495 e. The van der Waals surface area contributed by atoms with E-state index in [-0.39, 0.29) is 5.78 Å². The summed E-state index contributed by atoms with van der Waals surface area (Å²) in [5, 5.41) is 1.88. The standard InChI is InChI=1S/C12H12O2S2/c1-7-6-9(8(2)16-7)11(13)12-10(14-3)4-5-15-12/h4-6H,1-3H3. The van der Waals surface area contributed by atoms with Gasteiger partial charge in [0, 0.05) is 15.3 Å². The van der Waals surface area contributed by atoms with Gasteiger partial charge in [-0.15, -0.1) is 22.7 Å². The van der Waals surface area contributed by atoms with E-state index in [1.165, 1.54) is 11.3 Å². The fourth-order valence-electron chi connectivity index (χ4n) is 1.60. The van der Waals surface area contributed by atoms with Crippen LogP contribution in [0.1, 0.15) is 25.0 Å². The van der Waals surface area contributed by atoms with Crippen LogP contribution in [0.15, 0.2) is 17.5 Å². The van der Waals surface area contributed by atoms with Crippen molar-refractivity contribution in [3.8, 4) is 5.75 Å². The van der Waals surface area contributed by atoms with E-state index in [0.29, 0.717) is 10.6 Å². The Balaban J connectivity index is 2.43. The second-order valence-electron chi connectivity index (χ2n) is 3.47. The molecule has 0 aliphatic rings. The van der Waals surface area contributed by atoms with Crippen LogP contribution < -0.4 is 4.74 Å². The lowest BCUT2D eigenvalue weighted by Crippen LogP contribution is -2.00. The molecule has 2 heterocycles. The number of thiophene rings is 2. The number of carbonyl (C=O) groups excluding carboxylic acids is 1. The third kappa shape index (κ3) is 1.90. The van der Waals surface area contributed by atoms with Crippen molar-refractivity contribution in [2.24, 2.45) is 0 Å². The van der Waals surface area contributed by atoms with E-state index in [0.717, 1.165) is 15.3 Å². The molecule has 4 heteroatoms. The first-order valence-electron chi connectivity index (χ1n) is 4.86. The number of hydrogen-bond acceptors (Lipinski definition) is 4. The van der Waals surface area contributed by atoms with Gasteiger partial charge in [0.25, 0.3) is 0 Å². The first kappa shape index (κ1) is 11.4. The van der Waals surface area contributed by atoms with E-state index < -0.39 is 0 Å². The van der Waals surface area contributed by atoms with Crippen molar-refractivity contribution in [2.45, 2.75) is 13.8 Å². The van der Waals surface area contributed by atoms with E-state index in [2.05, 4.69) is 0 Å². The van der Waals surface area contributed by atoms with Gasteiger partial charge in [-0.1, -0.05) is 0 Å². The quantitative estimate of drug-likeness (QED) is 0.779. The van der Waals surface area contributed by atoms with Crippen LogP contribution >= 0.6 is 22.7 Å². The Bertz CT molecular complexity index is 523. The third-order valence-electron chi connectivity index (χ3n) is 2.34. The Hall–Kier alpha value is -1.13. The molecule has 0 bridgehead atoms. The summed E-state index contributed by atoms with van der Waals surface area (Å²) in [7, 11) is 1.59. The van der Waals surface area contributed by atoms with Crippen molar-refractivity contribution in [2.75, 3.05) is 7.11 Å². The highest BCUT2D eigenvalue weighted by molar-refractivity contribution is 7.13. The van der Waals surface area contributed by atoms with Crippen molar-refractivity contribution in [3.05, 3.63) is 37.7 Å². The van der Waals surface area contributed by atoms with Crippen LogP contribution in [0.5, 0.6) is 5.75 Å².